The van der Waals surface area contributed by atoms with Gasteiger partial charge in [-0.2, -0.15) is 0 Å². The Labute approximate surface area is 131 Å². The quantitative estimate of drug-likeness (QED) is 0.782. The van der Waals surface area contributed by atoms with Crippen molar-refractivity contribution in [3.05, 3.63) is 30.1 Å². The summed E-state index contributed by atoms with van der Waals surface area (Å²) in [7, 11) is 1.63. The highest BCUT2D eigenvalue weighted by molar-refractivity contribution is 7.80. The van der Waals surface area contributed by atoms with E-state index >= 15 is 0 Å². The Balaban J connectivity index is 3.18. The summed E-state index contributed by atoms with van der Waals surface area (Å²) in [5.74, 6) is -0.539. The number of anilines is 1. The summed E-state index contributed by atoms with van der Waals surface area (Å²) in [6.45, 7) is 4.00. The van der Waals surface area contributed by atoms with Gasteiger partial charge in [0.1, 0.15) is 5.82 Å². The second kappa shape index (κ2) is 7.50. The average Bonchev–Trinajstić information content (AvgIpc) is 2.45. The molecule has 1 amide bonds. The van der Waals surface area contributed by atoms with Crippen molar-refractivity contribution < 1.29 is 9.18 Å². The van der Waals surface area contributed by atoms with Gasteiger partial charge in [0.2, 0.25) is 5.91 Å². The Hall–Kier alpha value is -1.49. The number of nitrogens with two attached hydrogens (primary N) is 1. The van der Waals surface area contributed by atoms with Crippen LogP contribution in [0.4, 0.5) is 10.1 Å². The second-order valence-corrected chi connectivity index (χ2v) is 5.73. The Kier molecular flexibility index (Phi) is 6.27. The van der Waals surface area contributed by atoms with Crippen molar-refractivity contribution in [2.45, 2.75) is 39.5 Å². The molecule has 0 unspecified atom stereocenters. The number of carbonyl (C=O) groups excluding carboxylic acids is 1. The van der Waals surface area contributed by atoms with Gasteiger partial charge in [0.15, 0.2) is 0 Å². The zero-order valence-corrected chi connectivity index (χ0v) is 13.7. The van der Waals surface area contributed by atoms with Gasteiger partial charge in [0.25, 0.3) is 0 Å². The first-order chi connectivity index (χ1) is 9.89. The average molecular weight is 310 g/mol. The van der Waals surface area contributed by atoms with E-state index in [0.717, 1.165) is 12.8 Å². The molecule has 1 aromatic carbocycles. The first-order valence-corrected chi connectivity index (χ1v) is 7.63. The summed E-state index contributed by atoms with van der Waals surface area (Å²) in [6.07, 6.45) is 2.82. The molecular formula is C16H23FN2OS. The molecule has 3 nitrogen and oxygen atoms in total. The predicted molar refractivity (Wildman–Crippen MR) is 88.8 cm³/mol. The van der Waals surface area contributed by atoms with Gasteiger partial charge in [-0.05, 0) is 31.0 Å². The van der Waals surface area contributed by atoms with Crippen LogP contribution >= 0.6 is 12.2 Å². The number of amides is 1. The third-order valence-corrected chi connectivity index (χ3v) is 4.13. The van der Waals surface area contributed by atoms with Gasteiger partial charge < -0.3 is 10.6 Å². The Morgan fingerprint density at radius 2 is 1.90 bits per heavy atom. The lowest BCUT2D eigenvalue weighted by molar-refractivity contribution is -0.125. The molecule has 0 aliphatic rings. The van der Waals surface area contributed by atoms with Crippen LogP contribution in [0.3, 0.4) is 0 Å². The van der Waals surface area contributed by atoms with Crippen LogP contribution in [0.1, 0.15) is 39.5 Å². The highest BCUT2D eigenvalue weighted by Gasteiger charge is 2.42. The maximum atomic E-state index is 13.4. The highest BCUT2D eigenvalue weighted by Crippen LogP contribution is 2.34. The van der Waals surface area contributed by atoms with Crippen LogP contribution in [-0.4, -0.2) is 17.9 Å². The van der Waals surface area contributed by atoms with Gasteiger partial charge in [-0.1, -0.05) is 45.0 Å². The maximum Gasteiger partial charge on any atom is 0.239 e. The molecule has 0 spiro atoms. The van der Waals surface area contributed by atoms with Crippen LogP contribution in [0.5, 0.6) is 0 Å². The first kappa shape index (κ1) is 17.6. The minimum atomic E-state index is -0.847. The molecule has 21 heavy (non-hydrogen) atoms. The number of hydrogen-bond acceptors (Lipinski definition) is 2. The van der Waals surface area contributed by atoms with E-state index in [1.807, 2.05) is 13.8 Å². The number of thiocarbonyl (C=S) groups is 1. The molecule has 0 aliphatic carbocycles. The second-order valence-electron chi connectivity index (χ2n) is 5.29. The monoisotopic (exact) mass is 310 g/mol. The van der Waals surface area contributed by atoms with Crippen molar-refractivity contribution in [3.63, 3.8) is 0 Å². The van der Waals surface area contributed by atoms with Crippen molar-refractivity contribution in [3.8, 4) is 0 Å². The van der Waals surface area contributed by atoms with Gasteiger partial charge in [-0.15, -0.1) is 0 Å². The fraction of sp³-hybridized carbons (Fsp3) is 0.500. The number of halogens is 1. The lowest BCUT2D eigenvalue weighted by Crippen LogP contribution is -2.49. The van der Waals surface area contributed by atoms with E-state index in [4.69, 9.17) is 18.0 Å². The van der Waals surface area contributed by atoms with E-state index in [9.17, 15) is 9.18 Å². The van der Waals surface area contributed by atoms with Crippen molar-refractivity contribution >= 4 is 28.8 Å². The fourth-order valence-corrected chi connectivity index (χ4v) is 2.96. The van der Waals surface area contributed by atoms with Gasteiger partial charge in [0, 0.05) is 12.7 Å². The van der Waals surface area contributed by atoms with Crippen molar-refractivity contribution in [1.82, 2.24) is 0 Å². The van der Waals surface area contributed by atoms with E-state index in [1.165, 1.54) is 17.0 Å². The zero-order chi connectivity index (χ0) is 16.0. The summed E-state index contributed by atoms with van der Waals surface area (Å²) in [5.41, 5.74) is 5.56. The van der Waals surface area contributed by atoms with Crippen molar-refractivity contribution in [2.24, 2.45) is 11.1 Å². The SMILES string of the molecule is CCCC(CCC)(C(=O)N(C)c1cccc(F)c1)C(N)=S. The first-order valence-electron chi connectivity index (χ1n) is 7.22. The van der Waals surface area contributed by atoms with Gasteiger partial charge >= 0.3 is 0 Å². The summed E-state index contributed by atoms with van der Waals surface area (Å²) < 4.78 is 13.4. The molecule has 0 bridgehead atoms. The Morgan fingerprint density at radius 3 is 2.33 bits per heavy atom. The highest BCUT2D eigenvalue weighted by atomic mass is 32.1. The molecule has 1 aromatic rings. The predicted octanol–water partition coefficient (Wildman–Crippen LogP) is 3.66. The molecule has 0 saturated carbocycles. The molecule has 5 heteroatoms. The van der Waals surface area contributed by atoms with Crippen LogP contribution in [0, 0.1) is 11.2 Å². The summed E-state index contributed by atoms with van der Waals surface area (Å²) in [6, 6.07) is 5.96. The minimum Gasteiger partial charge on any atom is -0.392 e. The van der Waals surface area contributed by atoms with E-state index in [0.29, 0.717) is 18.5 Å². The summed E-state index contributed by atoms with van der Waals surface area (Å²) in [5, 5.41) is 0. The molecule has 116 valence electrons. The van der Waals surface area contributed by atoms with Crippen LogP contribution in [-0.2, 0) is 4.79 Å². The van der Waals surface area contributed by atoms with E-state index in [2.05, 4.69) is 0 Å². The Morgan fingerprint density at radius 1 is 1.33 bits per heavy atom. The van der Waals surface area contributed by atoms with Gasteiger partial charge in [-0.3, -0.25) is 4.79 Å². The van der Waals surface area contributed by atoms with Crippen LogP contribution in [0.25, 0.3) is 0 Å². The summed E-state index contributed by atoms with van der Waals surface area (Å²) >= 11 is 5.19. The largest absolute Gasteiger partial charge is 0.392 e. The third kappa shape index (κ3) is 3.79. The van der Waals surface area contributed by atoms with E-state index in [1.54, 1.807) is 19.2 Å². The smallest absolute Gasteiger partial charge is 0.239 e. The normalized spacial score (nSPS) is 11.2. The molecule has 2 N–H and O–H groups in total. The van der Waals surface area contributed by atoms with E-state index < -0.39 is 5.41 Å². The molecule has 1 rings (SSSR count). The number of benzene rings is 1. The zero-order valence-electron chi connectivity index (χ0n) is 12.9. The van der Waals surface area contributed by atoms with Crippen LogP contribution in [0.2, 0.25) is 0 Å². The molecule has 0 aliphatic heterocycles. The van der Waals surface area contributed by atoms with Crippen molar-refractivity contribution in [2.75, 3.05) is 11.9 Å². The third-order valence-electron chi connectivity index (χ3n) is 3.73. The van der Waals surface area contributed by atoms with Gasteiger partial charge in [0.05, 0.1) is 10.4 Å². The molecule has 0 saturated heterocycles. The minimum absolute atomic E-state index is 0.163. The standard InChI is InChI=1S/C16H23FN2OS/c1-4-9-16(10-5-2,14(18)21)15(20)19(3)13-8-6-7-12(17)11-13/h6-8,11H,4-5,9-10H2,1-3H3,(H2,18,21). The number of carbonyl (C=O) groups is 1. The van der Waals surface area contributed by atoms with Crippen LogP contribution < -0.4 is 10.6 Å². The van der Waals surface area contributed by atoms with Crippen molar-refractivity contribution in [1.29, 1.82) is 0 Å². The Bertz CT molecular complexity index is 513. The fourth-order valence-electron chi connectivity index (χ4n) is 2.67. The topological polar surface area (TPSA) is 46.3 Å². The molecule has 0 aromatic heterocycles. The number of hydrogen-bond donors (Lipinski definition) is 1. The number of rotatable bonds is 7. The molecule has 0 radical (unpaired) electrons. The molecular weight excluding hydrogens is 287 g/mol. The van der Waals surface area contributed by atoms with E-state index in [-0.39, 0.29) is 16.7 Å². The lowest BCUT2D eigenvalue weighted by atomic mass is 9.77. The molecule has 0 heterocycles. The summed E-state index contributed by atoms with van der Waals surface area (Å²) in [4.78, 5) is 14.6. The van der Waals surface area contributed by atoms with Gasteiger partial charge in [-0.25, -0.2) is 4.39 Å². The molecule has 0 fully saturated rings. The lowest BCUT2D eigenvalue weighted by Gasteiger charge is -2.35. The van der Waals surface area contributed by atoms with Crippen LogP contribution in [0.15, 0.2) is 24.3 Å². The number of nitrogens with zero attached hydrogens (tertiary/aromatic N) is 1. The maximum absolute atomic E-state index is 13.4. The molecule has 0 atom stereocenters.